The first-order valence-electron chi connectivity index (χ1n) is 9.81. The van der Waals surface area contributed by atoms with Crippen LogP contribution in [-0.2, 0) is 19.0 Å². The highest BCUT2D eigenvalue weighted by Gasteiger charge is 2.00. The summed E-state index contributed by atoms with van der Waals surface area (Å²) in [6.45, 7) is 8.92. The van der Waals surface area contributed by atoms with Crippen molar-refractivity contribution >= 4 is 5.91 Å². The summed E-state index contributed by atoms with van der Waals surface area (Å²) in [5, 5.41) is 6.18. The molecule has 0 radical (unpaired) electrons. The molecular weight excluding hydrogens is 320 g/mol. The van der Waals surface area contributed by atoms with Gasteiger partial charge >= 0.3 is 0 Å². The second-order valence-electron chi connectivity index (χ2n) is 6.55. The molecule has 1 amide bonds. The van der Waals surface area contributed by atoms with Gasteiger partial charge < -0.3 is 24.8 Å². The van der Waals surface area contributed by atoms with Crippen molar-refractivity contribution in [3.8, 4) is 0 Å². The lowest BCUT2D eigenvalue weighted by atomic mass is 10.1. The Balaban J connectivity index is 3.15. The van der Waals surface area contributed by atoms with Crippen molar-refractivity contribution in [2.24, 2.45) is 0 Å². The van der Waals surface area contributed by atoms with Gasteiger partial charge in [-0.15, -0.1) is 0 Å². The predicted molar refractivity (Wildman–Crippen MR) is 102 cm³/mol. The molecular formula is C19H40N2O4. The Labute approximate surface area is 154 Å². The number of amides is 1. The number of carbonyl (C=O) groups excluding carboxylic acids is 1. The van der Waals surface area contributed by atoms with Gasteiger partial charge in [-0.3, -0.25) is 4.79 Å². The van der Waals surface area contributed by atoms with Crippen LogP contribution < -0.4 is 10.6 Å². The molecule has 0 aliphatic rings. The van der Waals surface area contributed by atoms with Gasteiger partial charge in [0.1, 0.15) is 0 Å². The molecule has 0 heterocycles. The minimum absolute atomic E-state index is 0.124. The molecule has 0 spiro atoms. The van der Waals surface area contributed by atoms with E-state index < -0.39 is 0 Å². The molecule has 0 aromatic carbocycles. The van der Waals surface area contributed by atoms with Gasteiger partial charge in [-0.2, -0.15) is 0 Å². The number of nitrogens with one attached hydrogen (secondary N) is 2. The topological polar surface area (TPSA) is 68.8 Å². The van der Waals surface area contributed by atoms with E-state index in [0.29, 0.717) is 45.4 Å². The standard InChI is InChI=1S/C19H40N2O4/c1-18(2)20-11-14-24-16-17-25-15-12-21-19(22)10-8-6-4-5-7-9-13-23-3/h18,20H,4-17H2,1-3H3,(H,21,22). The van der Waals surface area contributed by atoms with Gasteiger partial charge in [0.2, 0.25) is 5.91 Å². The molecule has 6 heteroatoms. The Morgan fingerprint density at radius 3 is 2.04 bits per heavy atom. The molecule has 0 aromatic heterocycles. The van der Waals surface area contributed by atoms with E-state index in [1.54, 1.807) is 7.11 Å². The molecule has 0 saturated carbocycles. The Hall–Kier alpha value is -0.690. The van der Waals surface area contributed by atoms with Crippen molar-refractivity contribution in [3.63, 3.8) is 0 Å². The Kier molecular flexibility index (Phi) is 19.1. The number of rotatable bonds is 19. The highest BCUT2D eigenvalue weighted by molar-refractivity contribution is 5.75. The number of hydrogen-bond donors (Lipinski definition) is 2. The minimum atomic E-state index is 0.124. The predicted octanol–water partition coefficient (Wildman–Crippen LogP) is 2.51. The van der Waals surface area contributed by atoms with E-state index in [0.717, 1.165) is 32.4 Å². The fourth-order valence-corrected chi connectivity index (χ4v) is 2.33. The molecule has 0 bridgehead atoms. The Morgan fingerprint density at radius 1 is 0.800 bits per heavy atom. The Bertz CT molecular complexity index is 289. The van der Waals surface area contributed by atoms with E-state index in [4.69, 9.17) is 14.2 Å². The number of unbranched alkanes of at least 4 members (excludes halogenated alkanes) is 5. The smallest absolute Gasteiger partial charge is 0.220 e. The molecule has 25 heavy (non-hydrogen) atoms. The Morgan fingerprint density at radius 2 is 1.40 bits per heavy atom. The van der Waals surface area contributed by atoms with Crippen LogP contribution in [0.1, 0.15) is 58.8 Å². The van der Waals surface area contributed by atoms with Crippen molar-refractivity contribution in [1.82, 2.24) is 10.6 Å². The van der Waals surface area contributed by atoms with Crippen LogP contribution in [0.3, 0.4) is 0 Å². The van der Waals surface area contributed by atoms with E-state index in [-0.39, 0.29) is 5.91 Å². The van der Waals surface area contributed by atoms with Crippen molar-refractivity contribution < 1.29 is 19.0 Å². The van der Waals surface area contributed by atoms with Gasteiger partial charge in [0.25, 0.3) is 0 Å². The fraction of sp³-hybridized carbons (Fsp3) is 0.947. The average Bonchev–Trinajstić information content (AvgIpc) is 2.58. The molecule has 150 valence electrons. The molecule has 0 unspecified atom stereocenters. The molecule has 0 rings (SSSR count). The number of ether oxygens (including phenoxy) is 3. The highest BCUT2D eigenvalue weighted by Crippen LogP contribution is 2.07. The molecule has 0 aliphatic heterocycles. The van der Waals surface area contributed by atoms with Crippen LogP contribution in [0.15, 0.2) is 0 Å². The summed E-state index contributed by atoms with van der Waals surface area (Å²) < 4.78 is 15.9. The van der Waals surface area contributed by atoms with Crippen molar-refractivity contribution in [2.45, 2.75) is 64.8 Å². The SMILES string of the molecule is COCCCCCCCCC(=O)NCCOCCOCCNC(C)C. The number of carbonyl (C=O) groups is 1. The lowest BCUT2D eigenvalue weighted by Gasteiger charge is -2.09. The minimum Gasteiger partial charge on any atom is -0.385 e. The van der Waals surface area contributed by atoms with Crippen LogP contribution in [0.2, 0.25) is 0 Å². The third kappa shape index (κ3) is 21.3. The monoisotopic (exact) mass is 360 g/mol. The summed E-state index contributed by atoms with van der Waals surface area (Å²) in [4.78, 5) is 11.7. The average molecular weight is 361 g/mol. The summed E-state index contributed by atoms with van der Waals surface area (Å²) in [5.74, 6) is 0.124. The van der Waals surface area contributed by atoms with Crippen LogP contribution in [0.4, 0.5) is 0 Å². The fourth-order valence-electron chi connectivity index (χ4n) is 2.33. The van der Waals surface area contributed by atoms with E-state index in [1.807, 2.05) is 0 Å². The largest absolute Gasteiger partial charge is 0.385 e. The van der Waals surface area contributed by atoms with Crippen molar-refractivity contribution in [1.29, 1.82) is 0 Å². The summed E-state index contributed by atoms with van der Waals surface area (Å²) in [6, 6.07) is 0.490. The van der Waals surface area contributed by atoms with Crippen LogP contribution in [-0.4, -0.2) is 65.2 Å². The van der Waals surface area contributed by atoms with Gasteiger partial charge in [-0.1, -0.05) is 39.5 Å². The van der Waals surface area contributed by atoms with Gasteiger partial charge in [-0.25, -0.2) is 0 Å². The van der Waals surface area contributed by atoms with Crippen molar-refractivity contribution in [2.75, 3.05) is 53.2 Å². The molecule has 6 nitrogen and oxygen atoms in total. The first-order chi connectivity index (χ1) is 12.2. The first-order valence-corrected chi connectivity index (χ1v) is 9.81. The second kappa shape index (κ2) is 19.6. The summed E-state index contributed by atoms with van der Waals surface area (Å²) >= 11 is 0. The van der Waals surface area contributed by atoms with Crippen LogP contribution in [0.5, 0.6) is 0 Å². The first kappa shape index (κ1) is 24.3. The molecule has 0 aromatic rings. The third-order valence-electron chi connectivity index (χ3n) is 3.74. The van der Waals surface area contributed by atoms with Crippen LogP contribution >= 0.6 is 0 Å². The van der Waals surface area contributed by atoms with Gasteiger partial charge in [0.15, 0.2) is 0 Å². The zero-order valence-electron chi connectivity index (χ0n) is 16.6. The van der Waals surface area contributed by atoms with Crippen LogP contribution in [0.25, 0.3) is 0 Å². The maximum absolute atomic E-state index is 11.7. The highest BCUT2D eigenvalue weighted by atomic mass is 16.5. The maximum atomic E-state index is 11.7. The van der Waals surface area contributed by atoms with E-state index >= 15 is 0 Å². The van der Waals surface area contributed by atoms with Crippen molar-refractivity contribution in [3.05, 3.63) is 0 Å². The second-order valence-corrected chi connectivity index (χ2v) is 6.55. The molecule has 0 fully saturated rings. The third-order valence-corrected chi connectivity index (χ3v) is 3.74. The molecule has 0 aliphatic carbocycles. The lowest BCUT2D eigenvalue weighted by molar-refractivity contribution is -0.121. The van der Waals surface area contributed by atoms with Gasteiger partial charge in [0.05, 0.1) is 26.4 Å². The molecule has 0 atom stereocenters. The maximum Gasteiger partial charge on any atom is 0.220 e. The van der Waals surface area contributed by atoms with Crippen LogP contribution in [0, 0.1) is 0 Å². The number of methoxy groups -OCH3 is 1. The summed E-state index contributed by atoms with van der Waals surface area (Å²) in [5.41, 5.74) is 0. The summed E-state index contributed by atoms with van der Waals surface area (Å²) in [7, 11) is 1.74. The van der Waals surface area contributed by atoms with E-state index in [1.165, 1.54) is 19.3 Å². The zero-order chi connectivity index (χ0) is 18.6. The van der Waals surface area contributed by atoms with E-state index in [2.05, 4.69) is 24.5 Å². The molecule has 2 N–H and O–H groups in total. The summed E-state index contributed by atoms with van der Waals surface area (Å²) in [6.07, 6.45) is 7.49. The zero-order valence-corrected chi connectivity index (χ0v) is 16.6. The van der Waals surface area contributed by atoms with Gasteiger partial charge in [0, 0.05) is 39.3 Å². The van der Waals surface area contributed by atoms with E-state index in [9.17, 15) is 4.79 Å². The quantitative estimate of drug-likeness (QED) is 0.346. The number of hydrogen-bond acceptors (Lipinski definition) is 5. The molecule has 0 saturated heterocycles. The lowest BCUT2D eigenvalue weighted by Crippen LogP contribution is -2.28. The normalized spacial score (nSPS) is 11.2. The van der Waals surface area contributed by atoms with Gasteiger partial charge in [-0.05, 0) is 12.8 Å².